The summed E-state index contributed by atoms with van der Waals surface area (Å²) in [6.07, 6.45) is 0. The number of nitrogen functional groups attached to an aromatic ring is 2. The van der Waals surface area contributed by atoms with Crippen LogP contribution in [0.1, 0.15) is 5.82 Å². The van der Waals surface area contributed by atoms with Gasteiger partial charge in [0.15, 0.2) is 0 Å². The van der Waals surface area contributed by atoms with Crippen LogP contribution in [-0.2, 0) is 6.54 Å². The lowest BCUT2D eigenvalue weighted by Crippen LogP contribution is -2.28. The molecule has 0 saturated heterocycles. The fraction of sp³-hybridized carbons (Fsp3) is 0.625. The zero-order chi connectivity index (χ0) is 11.3. The van der Waals surface area contributed by atoms with Crippen LogP contribution in [0.2, 0.25) is 0 Å². The molecule has 0 aliphatic carbocycles. The SMILES string of the molecule is CNCCN(C)Cc1nc(N)nc(N)n1. The zero-order valence-corrected chi connectivity index (χ0v) is 9.06. The molecule has 0 unspecified atom stereocenters. The smallest absolute Gasteiger partial charge is 0.225 e. The number of aromatic nitrogens is 3. The van der Waals surface area contributed by atoms with Crippen molar-refractivity contribution in [2.24, 2.45) is 0 Å². The minimum absolute atomic E-state index is 0.166. The van der Waals surface area contributed by atoms with Crippen LogP contribution < -0.4 is 16.8 Å². The average Bonchev–Trinajstić information content (AvgIpc) is 2.13. The third-order valence-corrected chi connectivity index (χ3v) is 1.87. The molecule has 0 fully saturated rings. The topological polar surface area (TPSA) is 106 Å². The second kappa shape index (κ2) is 5.42. The molecule has 0 atom stereocenters. The fourth-order valence-electron chi connectivity index (χ4n) is 1.15. The summed E-state index contributed by atoms with van der Waals surface area (Å²) in [5.74, 6) is 0.928. The molecular formula is C8H17N7. The van der Waals surface area contributed by atoms with E-state index in [1.165, 1.54) is 0 Å². The predicted molar refractivity (Wildman–Crippen MR) is 58.9 cm³/mol. The molecule has 0 aromatic carbocycles. The van der Waals surface area contributed by atoms with Crippen molar-refractivity contribution in [1.29, 1.82) is 0 Å². The molecule has 0 aliphatic rings. The summed E-state index contributed by atoms with van der Waals surface area (Å²) in [6.45, 7) is 2.42. The maximum absolute atomic E-state index is 5.46. The van der Waals surface area contributed by atoms with Crippen LogP contribution in [-0.4, -0.2) is 47.0 Å². The fourth-order valence-corrected chi connectivity index (χ4v) is 1.15. The quantitative estimate of drug-likeness (QED) is 0.555. The van der Waals surface area contributed by atoms with Gasteiger partial charge in [0, 0.05) is 13.1 Å². The van der Waals surface area contributed by atoms with E-state index in [1.807, 2.05) is 14.1 Å². The van der Waals surface area contributed by atoms with Crippen molar-refractivity contribution < 1.29 is 0 Å². The van der Waals surface area contributed by atoms with Crippen LogP contribution in [0.15, 0.2) is 0 Å². The summed E-state index contributed by atoms with van der Waals surface area (Å²) < 4.78 is 0. The summed E-state index contributed by atoms with van der Waals surface area (Å²) in [4.78, 5) is 13.8. The van der Waals surface area contributed by atoms with Gasteiger partial charge < -0.3 is 16.8 Å². The van der Waals surface area contributed by atoms with Crippen LogP contribution >= 0.6 is 0 Å². The van der Waals surface area contributed by atoms with E-state index < -0.39 is 0 Å². The third kappa shape index (κ3) is 4.05. The highest BCUT2D eigenvalue weighted by Crippen LogP contribution is 2.00. The van der Waals surface area contributed by atoms with E-state index in [4.69, 9.17) is 11.5 Å². The summed E-state index contributed by atoms with van der Waals surface area (Å²) >= 11 is 0. The van der Waals surface area contributed by atoms with Gasteiger partial charge in [0.05, 0.1) is 6.54 Å². The van der Waals surface area contributed by atoms with Gasteiger partial charge in [0.2, 0.25) is 11.9 Å². The van der Waals surface area contributed by atoms with E-state index in [2.05, 4.69) is 25.2 Å². The Labute approximate surface area is 88.9 Å². The van der Waals surface area contributed by atoms with Gasteiger partial charge in [0.25, 0.3) is 0 Å². The van der Waals surface area contributed by atoms with E-state index in [9.17, 15) is 0 Å². The van der Waals surface area contributed by atoms with Gasteiger partial charge in [-0.2, -0.15) is 15.0 Å². The van der Waals surface area contributed by atoms with E-state index in [1.54, 1.807) is 0 Å². The molecule has 0 spiro atoms. The summed E-state index contributed by atoms with van der Waals surface area (Å²) in [5, 5.41) is 3.06. The van der Waals surface area contributed by atoms with Crippen molar-refractivity contribution in [2.45, 2.75) is 6.54 Å². The number of nitrogens with two attached hydrogens (primary N) is 2. The highest BCUT2D eigenvalue weighted by atomic mass is 15.2. The number of nitrogens with zero attached hydrogens (tertiary/aromatic N) is 4. The van der Waals surface area contributed by atoms with Crippen LogP contribution in [0.25, 0.3) is 0 Å². The van der Waals surface area contributed by atoms with Crippen molar-refractivity contribution in [3.05, 3.63) is 5.82 Å². The average molecular weight is 211 g/mol. The number of hydrogen-bond acceptors (Lipinski definition) is 7. The number of anilines is 2. The Bertz CT molecular complexity index is 294. The van der Waals surface area contributed by atoms with Gasteiger partial charge in [-0.15, -0.1) is 0 Å². The minimum Gasteiger partial charge on any atom is -0.368 e. The van der Waals surface area contributed by atoms with E-state index in [0.717, 1.165) is 13.1 Å². The monoisotopic (exact) mass is 211 g/mol. The lowest BCUT2D eigenvalue weighted by molar-refractivity contribution is 0.320. The molecule has 7 nitrogen and oxygen atoms in total. The van der Waals surface area contributed by atoms with Gasteiger partial charge in [-0.3, -0.25) is 4.90 Å². The van der Waals surface area contributed by atoms with Crippen LogP contribution in [0.5, 0.6) is 0 Å². The van der Waals surface area contributed by atoms with Crippen LogP contribution in [0.3, 0.4) is 0 Å². The van der Waals surface area contributed by atoms with Crippen molar-refractivity contribution >= 4 is 11.9 Å². The summed E-state index contributed by atoms with van der Waals surface area (Å²) in [7, 11) is 3.89. The lowest BCUT2D eigenvalue weighted by atomic mass is 10.5. The molecule has 0 saturated carbocycles. The van der Waals surface area contributed by atoms with E-state index >= 15 is 0 Å². The number of likely N-dealkylation sites (N-methyl/N-ethyl adjacent to an activating group) is 2. The normalized spacial score (nSPS) is 10.9. The first-order valence-corrected chi connectivity index (χ1v) is 4.71. The van der Waals surface area contributed by atoms with Crippen molar-refractivity contribution in [3.8, 4) is 0 Å². The Hall–Kier alpha value is -1.47. The lowest BCUT2D eigenvalue weighted by Gasteiger charge is -2.15. The Kier molecular flexibility index (Phi) is 4.19. The molecule has 0 aliphatic heterocycles. The maximum Gasteiger partial charge on any atom is 0.225 e. The maximum atomic E-state index is 5.46. The molecule has 5 N–H and O–H groups in total. The molecule has 7 heteroatoms. The Balaban J connectivity index is 2.56. The van der Waals surface area contributed by atoms with Gasteiger partial charge >= 0.3 is 0 Å². The second-order valence-electron chi connectivity index (χ2n) is 3.31. The molecule has 84 valence electrons. The molecule has 1 aromatic rings. The van der Waals surface area contributed by atoms with Gasteiger partial charge in [-0.1, -0.05) is 0 Å². The Morgan fingerprint density at radius 1 is 1.20 bits per heavy atom. The Morgan fingerprint density at radius 2 is 1.80 bits per heavy atom. The first-order valence-electron chi connectivity index (χ1n) is 4.71. The van der Waals surface area contributed by atoms with Crippen molar-refractivity contribution in [2.75, 3.05) is 38.7 Å². The largest absolute Gasteiger partial charge is 0.368 e. The molecule has 15 heavy (non-hydrogen) atoms. The standard InChI is InChI=1S/C8H17N7/c1-11-3-4-15(2)5-6-12-7(9)14-8(10)13-6/h11H,3-5H2,1-2H3,(H4,9,10,12,13,14). The first kappa shape index (κ1) is 11.6. The summed E-state index contributed by atoms with van der Waals surface area (Å²) in [5.41, 5.74) is 10.9. The number of rotatable bonds is 5. The first-order chi connectivity index (χ1) is 7.11. The molecule has 1 aromatic heterocycles. The van der Waals surface area contributed by atoms with Crippen LogP contribution in [0, 0.1) is 0 Å². The van der Waals surface area contributed by atoms with E-state index in [0.29, 0.717) is 12.4 Å². The van der Waals surface area contributed by atoms with Crippen LogP contribution in [0.4, 0.5) is 11.9 Å². The third-order valence-electron chi connectivity index (χ3n) is 1.87. The highest BCUT2D eigenvalue weighted by molar-refractivity contribution is 5.25. The predicted octanol–water partition coefficient (Wildman–Crippen LogP) is -1.31. The zero-order valence-electron chi connectivity index (χ0n) is 9.06. The molecule has 1 rings (SSSR count). The molecular weight excluding hydrogens is 194 g/mol. The highest BCUT2D eigenvalue weighted by Gasteiger charge is 2.05. The molecule has 0 amide bonds. The van der Waals surface area contributed by atoms with E-state index in [-0.39, 0.29) is 11.9 Å². The number of hydrogen-bond donors (Lipinski definition) is 3. The Morgan fingerprint density at radius 3 is 2.33 bits per heavy atom. The molecule has 0 bridgehead atoms. The van der Waals surface area contributed by atoms with Gasteiger partial charge in [0.1, 0.15) is 5.82 Å². The van der Waals surface area contributed by atoms with Gasteiger partial charge in [-0.05, 0) is 14.1 Å². The number of nitrogens with one attached hydrogen (secondary N) is 1. The minimum atomic E-state index is 0.166. The van der Waals surface area contributed by atoms with Crippen molar-refractivity contribution in [3.63, 3.8) is 0 Å². The van der Waals surface area contributed by atoms with Crippen molar-refractivity contribution in [1.82, 2.24) is 25.2 Å². The second-order valence-corrected chi connectivity index (χ2v) is 3.31. The molecule has 0 radical (unpaired) electrons. The molecule has 1 heterocycles. The van der Waals surface area contributed by atoms with Gasteiger partial charge in [-0.25, -0.2) is 0 Å². The summed E-state index contributed by atoms with van der Waals surface area (Å²) in [6, 6.07) is 0.